The molecule has 0 amide bonds. The number of hydrogen-bond acceptors (Lipinski definition) is 4. The van der Waals surface area contributed by atoms with E-state index in [0.29, 0.717) is 16.6 Å². The highest BCUT2D eigenvalue weighted by molar-refractivity contribution is 7.09. The second-order valence-corrected chi connectivity index (χ2v) is 5.88. The Hall–Kier alpha value is -2.27. The maximum absolute atomic E-state index is 11.6. The summed E-state index contributed by atoms with van der Waals surface area (Å²) in [6.07, 6.45) is 0.863. The van der Waals surface area contributed by atoms with E-state index in [1.165, 1.54) is 11.3 Å². The Bertz CT molecular complexity index is 839. The van der Waals surface area contributed by atoms with Crippen molar-refractivity contribution in [2.75, 3.05) is 0 Å². The van der Waals surface area contributed by atoms with E-state index in [1.807, 2.05) is 37.4 Å². The summed E-state index contributed by atoms with van der Waals surface area (Å²) in [5, 5.41) is 13.0. The lowest BCUT2D eigenvalue weighted by Gasteiger charge is -2.07. The predicted octanol–water partition coefficient (Wildman–Crippen LogP) is 3.93. The molecule has 1 aromatic carbocycles. The zero-order valence-corrected chi connectivity index (χ0v) is 12.6. The number of rotatable bonds is 3. The van der Waals surface area contributed by atoms with Crippen molar-refractivity contribution >= 4 is 28.2 Å². The van der Waals surface area contributed by atoms with Crippen molar-refractivity contribution in [1.29, 1.82) is 0 Å². The number of nitrogens with zero attached hydrogens (tertiary/aromatic N) is 2. The molecular weight excluding hydrogens is 284 g/mol. The molecule has 21 heavy (non-hydrogen) atoms. The van der Waals surface area contributed by atoms with Crippen LogP contribution in [-0.2, 0) is 6.42 Å². The Morgan fingerprint density at radius 2 is 2.05 bits per heavy atom. The van der Waals surface area contributed by atoms with Crippen LogP contribution in [0.4, 0.5) is 0 Å². The predicted molar refractivity (Wildman–Crippen MR) is 83.9 cm³/mol. The van der Waals surface area contributed by atoms with Gasteiger partial charge in [0.05, 0.1) is 27.5 Å². The molecule has 2 heterocycles. The summed E-state index contributed by atoms with van der Waals surface area (Å²) >= 11 is 1.53. The van der Waals surface area contributed by atoms with Gasteiger partial charge in [-0.3, -0.25) is 0 Å². The Morgan fingerprint density at radius 1 is 1.24 bits per heavy atom. The Balaban J connectivity index is 2.28. The summed E-state index contributed by atoms with van der Waals surface area (Å²) in [6, 6.07) is 7.38. The van der Waals surface area contributed by atoms with E-state index < -0.39 is 5.97 Å². The quantitative estimate of drug-likeness (QED) is 0.796. The Morgan fingerprint density at radius 3 is 2.67 bits per heavy atom. The lowest BCUT2D eigenvalue weighted by molar-refractivity contribution is 0.0699. The molecule has 0 fully saturated rings. The van der Waals surface area contributed by atoms with Crippen LogP contribution in [0.5, 0.6) is 0 Å². The molecule has 4 nitrogen and oxygen atoms in total. The molecular formula is C16H14N2O2S. The largest absolute Gasteiger partial charge is 0.478 e. The highest BCUT2D eigenvalue weighted by Crippen LogP contribution is 2.26. The number of aromatic nitrogens is 2. The van der Waals surface area contributed by atoms with Crippen molar-refractivity contribution in [2.45, 2.75) is 20.3 Å². The number of thiazole rings is 1. The molecule has 106 valence electrons. The highest BCUT2D eigenvalue weighted by atomic mass is 32.1. The topological polar surface area (TPSA) is 63.1 Å². The number of aromatic carboxylic acids is 1. The molecule has 0 radical (unpaired) electrons. The smallest absolute Gasteiger partial charge is 0.336 e. The second kappa shape index (κ2) is 5.26. The number of benzene rings is 1. The summed E-state index contributed by atoms with van der Waals surface area (Å²) in [7, 11) is 0. The van der Waals surface area contributed by atoms with Crippen LogP contribution in [-0.4, -0.2) is 21.0 Å². The van der Waals surface area contributed by atoms with Gasteiger partial charge in [-0.25, -0.2) is 14.8 Å². The summed E-state index contributed by atoms with van der Waals surface area (Å²) in [5.74, 6) is -0.941. The molecule has 0 spiro atoms. The fraction of sp³-hybridized carbons (Fsp3) is 0.188. The molecule has 0 saturated heterocycles. The standard InChI is InChI=1S/C16H14N2O2S/c1-3-10-4-5-13-11(6-10)12(16(19)20)7-14(18-13)15-8-21-9(2)17-15/h4-8H,3H2,1-2H3,(H,19,20). The van der Waals surface area contributed by atoms with Crippen molar-refractivity contribution in [3.8, 4) is 11.4 Å². The van der Waals surface area contributed by atoms with Gasteiger partial charge in [0.2, 0.25) is 0 Å². The molecule has 2 aromatic heterocycles. The first-order valence-corrected chi connectivity index (χ1v) is 7.56. The van der Waals surface area contributed by atoms with Crippen LogP contribution in [0.25, 0.3) is 22.3 Å². The van der Waals surface area contributed by atoms with Crippen molar-refractivity contribution in [1.82, 2.24) is 9.97 Å². The Kier molecular flexibility index (Phi) is 3.43. The van der Waals surface area contributed by atoms with Crippen LogP contribution in [0, 0.1) is 6.92 Å². The van der Waals surface area contributed by atoms with Crippen LogP contribution in [0.3, 0.4) is 0 Å². The molecule has 5 heteroatoms. The van der Waals surface area contributed by atoms with E-state index in [9.17, 15) is 9.90 Å². The molecule has 0 atom stereocenters. The van der Waals surface area contributed by atoms with Crippen molar-refractivity contribution in [2.24, 2.45) is 0 Å². The summed E-state index contributed by atoms with van der Waals surface area (Å²) < 4.78 is 0. The molecule has 3 rings (SSSR count). The first-order valence-electron chi connectivity index (χ1n) is 6.68. The zero-order chi connectivity index (χ0) is 15.0. The minimum absolute atomic E-state index is 0.274. The first kappa shape index (κ1) is 13.7. The maximum atomic E-state index is 11.6. The molecule has 0 aliphatic carbocycles. The molecule has 0 aliphatic heterocycles. The van der Waals surface area contributed by atoms with Crippen molar-refractivity contribution in [3.05, 3.63) is 45.8 Å². The first-order chi connectivity index (χ1) is 10.1. The number of fused-ring (bicyclic) bond motifs is 1. The fourth-order valence-electron chi connectivity index (χ4n) is 2.28. The van der Waals surface area contributed by atoms with Gasteiger partial charge in [-0.1, -0.05) is 13.0 Å². The van der Waals surface area contributed by atoms with E-state index in [0.717, 1.165) is 22.7 Å². The molecule has 0 saturated carbocycles. The van der Waals surface area contributed by atoms with Crippen molar-refractivity contribution < 1.29 is 9.90 Å². The van der Waals surface area contributed by atoms with E-state index >= 15 is 0 Å². The zero-order valence-electron chi connectivity index (χ0n) is 11.8. The summed E-state index contributed by atoms with van der Waals surface area (Å²) in [4.78, 5) is 20.5. The number of pyridine rings is 1. The number of hydrogen-bond donors (Lipinski definition) is 1. The van der Waals surface area contributed by atoms with Crippen LogP contribution < -0.4 is 0 Å². The van der Waals surface area contributed by atoms with E-state index in [2.05, 4.69) is 9.97 Å². The molecule has 0 bridgehead atoms. The average Bonchev–Trinajstić information content (AvgIpc) is 2.92. The van der Waals surface area contributed by atoms with Gasteiger partial charge in [0.15, 0.2) is 0 Å². The van der Waals surface area contributed by atoms with Gasteiger partial charge in [-0.2, -0.15) is 0 Å². The van der Waals surface area contributed by atoms with E-state index in [1.54, 1.807) is 6.07 Å². The van der Waals surface area contributed by atoms with E-state index in [-0.39, 0.29) is 5.56 Å². The van der Waals surface area contributed by atoms with Gasteiger partial charge >= 0.3 is 5.97 Å². The summed E-state index contributed by atoms with van der Waals surface area (Å²) in [5.41, 5.74) is 3.39. The van der Waals surface area contributed by atoms with Crippen LogP contribution >= 0.6 is 11.3 Å². The van der Waals surface area contributed by atoms with Crippen molar-refractivity contribution in [3.63, 3.8) is 0 Å². The second-order valence-electron chi connectivity index (χ2n) is 4.82. The normalized spacial score (nSPS) is 11.0. The van der Waals surface area contributed by atoms with Crippen LogP contribution in [0.15, 0.2) is 29.6 Å². The SMILES string of the molecule is CCc1ccc2nc(-c3csc(C)n3)cc(C(=O)O)c2c1. The lowest BCUT2D eigenvalue weighted by atomic mass is 10.0. The van der Waals surface area contributed by atoms with E-state index in [4.69, 9.17) is 0 Å². The third kappa shape index (κ3) is 2.52. The number of carboxylic acids is 1. The molecule has 1 N–H and O–H groups in total. The third-order valence-corrected chi connectivity index (χ3v) is 4.17. The van der Waals surface area contributed by atoms with Gasteiger partial charge in [0.1, 0.15) is 0 Å². The number of carbonyl (C=O) groups is 1. The minimum Gasteiger partial charge on any atom is -0.478 e. The molecule has 0 aliphatic rings. The fourth-order valence-corrected chi connectivity index (χ4v) is 2.89. The summed E-state index contributed by atoms with van der Waals surface area (Å²) in [6.45, 7) is 3.96. The maximum Gasteiger partial charge on any atom is 0.336 e. The number of carboxylic acid groups (broad SMARTS) is 1. The van der Waals surface area contributed by atoms with Gasteiger partial charge in [-0.15, -0.1) is 11.3 Å². The minimum atomic E-state index is -0.941. The average molecular weight is 298 g/mol. The number of aryl methyl sites for hydroxylation is 2. The monoisotopic (exact) mass is 298 g/mol. The lowest BCUT2D eigenvalue weighted by Crippen LogP contribution is -2.01. The van der Waals surface area contributed by atoms with Crippen LogP contribution in [0.2, 0.25) is 0 Å². The van der Waals surface area contributed by atoms with Gasteiger partial charge in [0, 0.05) is 10.8 Å². The van der Waals surface area contributed by atoms with Crippen LogP contribution in [0.1, 0.15) is 27.9 Å². The third-order valence-electron chi connectivity index (χ3n) is 3.39. The Labute approximate surface area is 126 Å². The van der Waals surface area contributed by atoms with Gasteiger partial charge < -0.3 is 5.11 Å². The molecule has 0 unspecified atom stereocenters. The molecule has 3 aromatic rings. The van der Waals surface area contributed by atoms with Gasteiger partial charge in [-0.05, 0) is 37.1 Å². The van der Waals surface area contributed by atoms with Gasteiger partial charge in [0.25, 0.3) is 0 Å². The highest BCUT2D eigenvalue weighted by Gasteiger charge is 2.14.